The molecule has 8 nitrogen and oxygen atoms in total. The van der Waals surface area contributed by atoms with E-state index in [2.05, 4.69) is 30.6 Å². The van der Waals surface area contributed by atoms with E-state index in [0.717, 1.165) is 22.5 Å². The van der Waals surface area contributed by atoms with Gasteiger partial charge in [0, 0.05) is 36.5 Å². The van der Waals surface area contributed by atoms with Crippen LogP contribution in [0.3, 0.4) is 0 Å². The third-order valence-corrected chi connectivity index (χ3v) is 4.36. The molecule has 3 aromatic heterocycles. The third kappa shape index (κ3) is 5.60. The minimum Gasteiger partial charge on any atom is -0.402 e. The fraction of sp³-hybridized carbons (Fsp3) is 0.227. The van der Waals surface area contributed by atoms with E-state index in [9.17, 15) is 4.79 Å². The molecule has 8 heteroatoms. The molecule has 0 atom stereocenters. The average molecular weight is 403 g/mol. The highest BCUT2D eigenvalue weighted by Gasteiger charge is 2.10. The summed E-state index contributed by atoms with van der Waals surface area (Å²) in [5, 5.41) is 5.92. The maximum Gasteiger partial charge on any atom is 0.254 e. The number of aromatic nitrogens is 4. The van der Waals surface area contributed by atoms with Crippen LogP contribution in [0, 0.1) is 13.8 Å². The number of pyridine rings is 2. The van der Waals surface area contributed by atoms with Crippen LogP contribution in [0.4, 0.5) is 11.8 Å². The van der Waals surface area contributed by atoms with E-state index in [1.165, 1.54) is 12.4 Å². The van der Waals surface area contributed by atoms with Crippen molar-refractivity contribution >= 4 is 23.2 Å². The Morgan fingerprint density at radius 1 is 1.10 bits per heavy atom. The molecule has 3 aromatic rings. The second kappa shape index (κ2) is 9.60. The Labute approximate surface area is 175 Å². The van der Waals surface area contributed by atoms with Gasteiger partial charge in [-0.3, -0.25) is 9.78 Å². The Bertz CT molecular complexity index is 1020. The highest BCUT2D eigenvalue weighted by Crippen LogP contribution is 2.17. The van der Waals surface area contributed by atoms with Crippen LogP contribution < -0.4 is 16.4 Å². The van der Waals surface area contributed by atoms with Gasteiger partial charge in [0.2, 0.25) is 5.95 Å². The summed E-state index contributed by atoms with van der Waals surface area (Å²) in [6.07, 6.45) is 5.26. The van der Waals surface area contributed by atoms with Gasteiger partial charge >= 0.3 is 0 Å². The van der Waals surface area contributed by atoms with E-state index in [4.69, 9.17) is 5.73 Å². The molecule has 0 aliphatic heterocycles. The fourth-order valence-corrected chi connectivity index (χ4v) is 3.00. The normalized spacial score (nSPS) is 11.6. The zero-order chi connectivity index (χ0) is 21.5. The molecule has 0 unspecified atom stereocenters. The summed E-state index contributed by atoms with van der Waals surface area (Å²) in [4.78, 5) is 29.5. The lowest BCUT2D eigenvalue weighted by Crippen LogP contribution is -2.25. The van der Waals surface area contributed by atoms with Gasteiger partial charge in [-0.25, -0.2) is 15.0 Å². The van der Waals surface area contributed by atoms with E-state index < -0.39 is 0 Å². The van der Waals surface area contributed by atoms with Gasteiger partial charge < -0.3 is 16.4 Å². The molecule has 0 bridgehead atoms. The number of carbonyl (C=O) groups is 1. The summed E-state index contributed by atoms with van der Waals surface area (Å²) >= 11 is 0. The fourth-order valence-electron chi connectivity index (χ4n) is 3.00. The van der Waals surface area contributed by atoms with Gasteiger partial charge in [0.15, 0.2) is 0 Å². The molecule has 3 heterocycles. The summed E-state index contributed by atoms with van der Waals surface area (Å²) in [5.41, 5.74) is 10.8. The lowest BCUT2D eigenvalue weighted by molar-refractivity contribution is 0.0954. The zero-order valence-corrected chi connectivity index (χ0v) is 17.3. The molecular formula is C22H25N7O. The molecule has 0 aromatic carbocycles. The van der Waals surface area contributed by atoms with Gasteiger partial charge in [-0.15, -0.1) is 0 Å². The smallest absolute Gasteiger partial charge is 0.254 e. The van der Waals surface area contributed by atoms with Crippen molar-refractivity contribution in [2.24, 2.45) is 5.73 Å². The lowest BCUT2D eigenvalue weighted by atomic mass is 10.1. The number of hydrogen-bond acceptors (Lipinski definition) is 7. The molecule has 0 aliphatic carbocycles. The molecule has 4 N–H and O–H groups in total. The largest absolute Gasteiger partial charge is 0.402 e. The minimum atomic E-state index is -0.249. The van der Waals surface area contributed by atoms with Crippen molar-refractivity contribution in [3.8, 4) is 0 Å². The van der Waals surface area contributed by atoms with Crippen molar-refractivity contribution in [2.45, 2.75) is 27.2 Å². The van der Waals surface area contributed by atoms with Crippen LogP contribution in [0.2, 0.25) is 0 Å². The van der Waals surface area contributed by atoms with Crippen LogP contribution in [-0.4, -0.2) is 32.4 Å². The number of aryl methyl sites for hydroxylation is 2. The second-order valence-electron chi connectivity index (χ2n) is 6.97. The molecule has 0 spiro atoms. The van der Waals surface area contributed by atoms with Crippen LogP contribution in [0.25, 0.3) is 5.57 Å². The van der Waals surface area contributed by atoms with Crippen LogP contribution in [0.1, 0.15) is 40.7 Å². The molecule has 0 aliphatic rings. The minimum absolute atomic E-state index is 0.249. The maximum atomic E-state index is 12.4. The maximum absolute atomic E-state index is 12.4. The summed E-state index contributed by atoms with van der Waals surface area (Å²) in [6.45, 7) is 6.17. The number of nitrogens with one attached hydrogen (secondary N) is 2. The molecular weight excluding hydrogens is 378 g/mol. The highest BCUT2D eigenvalue weighted by atomic mass is 16.1. The molecule has 1 amide bonds. The lowest BCUT2D eigenvalue weighted by Gasteiger charge is -2.10. The van der Waals surface area contributed by atoms with Crippen molar-refractivity contribution in [2.75, 3.05) is 11.9 Å². The standard InChI is InChI=1S/C22H25N7O/c1-14-10-15(2)28-20(11-14)29-22-26-12-17(13-27-22)21(30)25-9-7-18(16(3)23)19-6-4-5-8-24-19/h4-6,8,10-13H,7,9,23H2,1-3H3,(H,25,30)(H,26,27,28,29). The van der Waals surface area contributed by atoms with Gasteiger partial charge in [-0.05, 0) is 62.6 Å². The Morgan fingerprint density at radius 2 is 1.87 bits per heavy atom. The number of rotatable bonds is 7. The number of amides is 1. The second-order valence-corrected chi connectivity index (χ2v) is 6.97. The first-order valence-electron chi connectivity index (χ1n) is 9.61. The number of allylic oxidation sites excluding steroid dienone is 1. The summed E-state index contributed by atoms with van der Waals surface area (Å²) < 4.78 is 0. The van der Waals surface area contributed by atoms with E-state index in [0.29, 0.717) is 36.0 Å². The predicted molar refractivity (Wildman–Crippen MR) is 117 cm³/mol. The summed E-state index contributed by atoms with van der Waals surface area (Å²) in [5.74, 6) is 0.792. The number of nitrogens with two attached hydrogens (primary N) is 1. The Balaban J connectivity index is 1.57. The number of hydrogen-bond donors (Lipinski definition) is 3. The van der Waals surface area contributed by atoms with E-state index >= 15 is 0 Å². The van der Waals surface area contributed by atoms with Crippen molar-refractivity contribution in [1.29, 1.82) is 0 Å². The van der Waals surface area contributed by atoms with Gasteiger partial charge in [-0.2, -0.15) is 0 Å². The first-order valence-corrected chi connectivity index (χ1v) is 9.61. The zero-order valence-electron chi connectivity index (χ0n) is 17.3. The molecule has 0 fully saturated rings. The Hall–Kier alpha value is -3.81. The van der Waals surface area contributed by atoms with Crippen molar-refractivity contribution in [3.05, 3.63) is 77.1 Å². The molecule has 3 rings (SSSR count). The van der Waals surface area contributed by atoms with E-state index in [1.807, 2.05) is 51.1 Å². The number of anilines is 2. The SMILES string of the molecule is CC(N)=C(CCNC(=O)c1cnc(Nc2cc(C)cc(C)n2)nc1)c1ccccn1. The van der Waals surface area contributed by atoms with Crippen molar-refractivity contribution < 1.29 is 4.79 Å². The van der Waals surface area contributed by atoms with Crippen LogP contribution in [0.15, 0.2) is 54.6 Å². The van der Waals surface area contributed by atoms with E-state index in [-0.39, 0.29) is 5.91 Å². The van der Waals surface area contributed by atoms with Crippen molar-refractivity contribution in [1.82, 2.24) is 25.3 Å². The summed E-state index contributed by atoms with van der Waals surface area (Å²) in [6, 6.07) is 9.55. The summed E-state index contributed by atoms with van der Waals surface area (Å²) in [7, 11) is 0. The predicted octanol–water partition coefficient (Wildman–Crippen LogP) is 3.14. The first-order chi connectivity index (χ1) is 14.4. The van der Waals surface area contributed by atoms with Crippen LogP contribution in [0.5, 0.6) is 0 Å². The number of nitrogens with zero attached hydrogens (tertiary/aromatic N) is 4. The van der Waals surface area contributed by atoms with Gasteiger partial charge in [0.05, 0.1) is 11.3 Å². The van der Waals surface area contributed by atoms with Crippen LogP contribution in [-0.2, 0) is 0 Å². The Morgan fingerprint density at radius 3 is 2.50 bits per heavy atom. The number of carbonyl (C=O) groups excluding carboxylic acids is 1. The quantitative estimate of drug-likeness (QED) is 0.554. The van der Waals surface area contributed by atoms with Gasteiger partial charge in [0.25, 0.3) is 5.91 Å². The monoisotopic (exact) mass is 403 g/mol. The molecule has 154 valence electrons. The first kappa shape index (κ1) is 20.9. The molecule has 30 heavy (non-hydrogen) atoms. The molecule has 0 saturated carbocycles. The van der Waals surface area contributed by atoms with Crippen LogP contribution >= 0.6 is 0 Å². The van der Waals surface area contributed by atoms with Crippen molar-refractivity contribution in [3.63, 3.8) is 0 Å². The molecule has 0 radical (unpaired) electrons. The van der Waals surface area contributed by atoms with E-state index in [1.54, 1.807) is 6.20 Å². The Kier molecular flexibility index (Phi) is 6.69. The molecule has 0 saturated heterocycles. The highest BCUT2D eigenvalue weighted by molar-refractivity contribution is 5.93. The topological polar surface area (TPSA) is 119 Å². The third-order valence-electron chi connectivity index (χ3n) is 4.36. The van der Waals surface area contributed by atoms with Gasteiger partial charge in [0.1, 0.15) is 5.82 Å². The average Bonchev–Trinajstić information content (AvgIpc) is 2.71. The van der Waals surface area contributed by atoms with Gasteiger partial charge in [-0.1, -0.05) is 6.07 Å².